The quantitative estimate of drug-likeness (QED) is 0.686. The molecule has 0 aromatic carbocycles. The van der Waals surface area contributed by atoms with Crippen molar-refractivity contribution < 1.29 is 5.11 Å². The van der Waals surface area contributed by atoms with E-state index in [2.05, 4.69) is 4.98 Å². The predicted molar refractivity (Wildman–Crippen MR) is 51.1 cm³/mol. The molecule has 2 heterocycles. The number of anilines is 1. The number of aliphatic hydroxyl groups is 1. The minimum Gasteiger partial charge on any atom is -0.397 e. The molecule has 68 valence electrons. The van der Waals surface area contributed by atoms with Gasteiger partial charge in [-0.15, -0.1) is 0 Å². The lowest BCUT2D eigenvalue weighted by Gasteiger charge is -2.06. The molecule has 0 saturated heterocycles. The van der Waals surface area contributed by atoms with Gasteiger partial charge in [0.2, 0.25) is 0 Å². The largest absolute Gasteiger partial charge is 0.397 e. The highest BCUT2D eigenvalue weighted by molar-refractivity contribution is 5.79. The van der Waals surface area contributed by atoms with E-state index in [1.807, 2.05) is 12.1 Å². The Labute approximate surface area is 75.6 Å². The smallest absolute Gasteiger partial charge is 0.142 e. The zero-order valence-electron chi connectivity index (χ0n) is 7.31. The van der Waals surface area contributed by atoms with Gasteiger partial charge in [-0.05, 0) is 19.1 Å². The van der Waals surface area contributed by atoms with Gasteiger partial charge in [-0.3, -0.25) is 0 Å². The number of nitrogen functional groups attached to an aromatic ring is 1. The summed E-state index contributed by atoms with van der Waals surface area (Å²) in [6.45, 7) is 1.69. The second-order valence-electron chi connectivity index (χ2n) is 3.04. The van der Waals surface area contributed by atoms with Crippen LogP contribution in [0.3, 0.4) is 0 Å². The van der Waals surface area contributed by atoms with Gasteiger partial charge in [-0.1, -0.05) is 0 Å². The first kappa shape index (κ1) is 8.07. The van der Waals surface area contributed by atoms with E-state index in [4.69, 9.17) is 5.73 Å². The maximum absolute atomic E-state index is 9.37. The van der Waals surface area contributed by atoms with Gasteiger partial charge in [-0.25, -0.2) is 4.98 Å². The standard InChI is InChI=1S/C9H11N3O/c1-6(13)12-3-2-7-4-8(10)5-11-9(7)12/h2-6,13H,10H2,1H3. The average molecular weight is 177 g/mol. The summed E-state index contributed by atoms with van der Waals surface area (Å²) < 4.78 is 1.69. The highest BCUT2D eigenvalue weighted by Crippen LogP contribution is 2.18. The molecule has 0 radical (unpaired) electrons. The van der Waals surface area contributed by atoms with Crippen molar-refractivity contribution in [3.8, 4) is 0 Å². The Bertz CT molecular complexity index is 433. The average Bonchev–Trinajstić information content (AvgIpc) is 2.46. The van der Waals surface area contributed by atoms with E-state index in [1.165, 1.54) is 0 Å². The Morgan fingerprint density at radius 1 is 1.62 bits per heavy atom. The van der Waals surface area contributed by atoms with Gasteiger partial charge in [0.1, 0.15) is 11.9 Å². The third-order valence-electron chi connectivity index (χ3n) is 1.98. The van der Waals surface area contributed by atoms with Crippen molar-refractivity contribution >= 4 is 16.7 Å². The van der Waals surface area contributed by atoms with Crippen molar-refractivity contribution in [2.45, 2.75) is 13.2 Å². The molecular formula is C9H11N3O. The van der Waals surface area contributed by atoms with Crippen LogP contribution in [0, 0.1) is 0 Å². The maximum Gasteiger partial charge on any atom is 0.142 e. The molecule has 3 N–H and O–H groups in total. The molecule has 0 saturated carbocycles. The van der Waals surface area contributed by atoms with Crippen molar-refractivity contribution in [3.63, 3.8) is 0 Å². The van der Waals surface area contributed by atoms with Gasteiger partial charge < -0.3 is 15.4 Å². The van der Waals surface area contributed by atoms with Crippen molar-refractivity contribution in [1.29, 1.82) is 0 Å². The highest BCUT2D eigenvalue weighted by Gasteiger charge is 2.05. The minimum atomic E-state index is -0.561. The van der Waals surface area contributed by atoms with Crippen LogP contribution >= 0.6 is 0 Å². The summed E-state index contributed by atoms with van der Waals surface area (Å²) in [5, 5.41) is 10.3. The number of pyridine rings is 1. The van der Waals surface area contributed by atoms with Crippen LogP contribution < -0.4 is 5.73 Å². The lowest BCUT2D eigenvalue weighted by molar-refractivity contribution is 0.129. The minimum absolute atomic E-state index is 0.561. The molecule has 0 aliphatic heterocycles. The third kappa shape index (κ3) is 1.25. The normalized spacial score (nSPS) is 13.4. The molecule has 2 aromatic heterocycles. The summed E-state index contributed by atoms with van der Waals surface area (Å²) >= 11 is 0. The second kappa shape index (κ2) is 2.74. The molecule has 13 heavy (non-hydrogen) atoms. The van der Waals surface area contributed by atoms with E-state index in [9.17, 15) is 5.11 Å². The summed E-state index contributed by atoms with van der Waals surface area (Å²) in [6, 6.07) is 3.71. The van der Waals surface area contributed by atoms with E-state index in [1.54, 1.807) is 23.9 Å². The van der Waals surface area contributed by atoms with Crippen molar-refractivity contribution in [2.24, 2.45) is 0 Å². The molecule has 0 spiro atoms. The van der Waals surface area contributed by atoms with E-state index >= 15 is 0 Å². The summed E-state index contributed by atoms with van der Waals surface area (Å²) in [4.78, 5) is 4.14. The number of hydrogen-bond donors (Lipinski definition) is 2. The number of fused-ring (bicyclic) bond motifs is 1. The van der Waals surface area contributed by atoms with E-state index in [0.717, 1.165) is 11.0 Å². The topological polar surface area (TPSA) is 64.1 Å². The van der Waals surface area contributed by atoms with E-state index in [-0.39, 0.29) is 0 Å². The van der Waals surface area contributed by atoms with Gasteiger partial charge in [0.15, 0.2) is 0 Å². The number of nitrogens with two attached hydrogens (primary N) is 1. The van der Waals surface area contributed by atoms with Crippen LogP contribution in [0.2, 0.25) is 0 Å². The van der Waals surface area contributed by atoms with Gasteiger partial charge in [0.25, 0.3) is 0 Å². The molecule has 0 aliphatic rings. The maximum atomic E-state index is 9.37. The van der Waals surface area contributed by atoms with Crippen LogP contribution in [0.25, 0.3) is 11.0 Å². The summed E-state index contributed by atoms with van der Waals surface area (Å²) in [5.74, 6) is 0. The van der Waals surface area contributed by atoms with Gasteiger partial charge in [0.05, 0.1) is 11.9 Å². The molecule has 2 aromatic rings. The van der Waals surface area contributed by atoms with Crippen molar-refractivity contribution in [2.75, 3.05) is 5.73 Å². The van der Waals surface area contributed by atoms with Crippen LogP contribution in [0.5, 0.6) is 0 Å². The molecule has 0 bridgehead atoms. The molecule has 0 aliphatic carbocycles. The SMILES string of the molecule is CC(O)n1ccc2cc(N)cnc21. The van der Waals surface area contributed by atoms with E-state index < -0.39 is 6.23 Å². The molecule has 0 amide bonds. The fourth-order valence-electron chi connectivity index (χ4n) is 1.36. The van der Waals surface area contributed by atoms with Crippen LogP contribution in [-0.2, 0) is 0 Å². The third-order valence-corrected chi connectivity index (χ3v) is 1.98. The van der Waals surface area contributed by atoms with Crippen LogP contribution in [0.15, 0.2) is 24.5 Å². The predicted octanol–water partition coefficient (Wildman–Crippen LogP) is 1.13. The number of nitrogens with zero attached hydrogens (tertiary/aromatic N) is 2. The van der Waals surface area contributed by atoms with Crippen molar-refractivity contribution in [1.82, 2.24) is 9.55 Å². The first-order valence-electron chi connectivity index (χ1n) is 4.08. The first-order valence-corrected chi connectivity index (χ1v) is 4.08. The number of aliphatic hydroxyl groups excluding tert-OH is 1. The zero-order valence-corrected chi connectivity index (χ0v) is 7.31. The van der Waals surface area contributed by atoms with Crippen LogP contribution in [0.1, 0.15) is 13.2 Å². The Morgan fingerprint density at radius 3 is 3.08 bits per heavy atom. The molecule has 0 fully saturated rings. The Balaban J connectivity index is 2.69. The Morgan fingerprint density at radius 2 is 2.38 bits per heavy atom. The molecular weight excluding hydrogens is 166 g/mol. The second-order valence-corrected chi connectivity index (χ2v) is 3.04. The number of aromatic nitrogens is 2. The van der Waals surface area contributed by atoms with Crippen LogP contribution in [-0.4, -0.2) is 14.7 Å². The summed E-state index contributed by atoms with van der Waals surface area (Å²) in [5.41, 5.74) is 6.96. The summed E-state index contributed by atoms with van der Waals surface area (Å²) in [6.07, 6.45) is 2.82. The molecule has 1 atom stereocenters. The molecule has 2 rings (SSSR count). The first-order chi connectivity index (χ1) is 6.18. The Hall–Kier alpha value is -1.55. The lowest BCUT2D eigenvalue weighted by Crippen LogP contribution is -2.02. The molecule has 4 nitrogen and oxygen atoms in total. The molecule has 4 heteroatoms. The monoisotopic (exact) mass is 177 g/mol. The van der Waals surface area contributed by atoms with E-state index in [0.29, 0.717) is 5.69 Å². The van der Waals surface area contributed by atoms with Gasteiger partial charge in [0, 0.05) is 11.6 Å². The number of hydrogen-bond acceptors (Lipinski definition) is 3. The molecule has 1 unspecified atom stereocenters. The van der Waals surface area contributed by atoms with Crippen molar-refractivity contribution in [3.05, 3.63) is 24.5 Å². The number of rotatable bonds is 1. The van der Waals surface area contributed by atoms with Gasteiger partial charge >= 0.3 is 0 Å². The fourth-order valence-corrected chi connectivity index (χ4v) is 1.36. The Kier molecular flexibility index (Phi) is 1.70. The lowest BCUT2D eigenvalue weighted by atomic mass is 10.3. The highest BCUT2D eigenvalue weighted by atomic mass is 16.3. The van der Waals surface area contributed by atoms with Gasteiger partial charge in [-0.2, -0.15) is 0 Å². The van der Waals surface area contributed by atoms with Crippen LogP contribution in [0.4, 0.5) is 5.69 Å². The fraction of sp³-hybridized carbons (Fsp3) is 0.222. The zero-order chi connectivity index (χ0) is 9.42. The summed E-state index contributed by atoms with van der Waals surface area (Å²) in [7, 11) is 0.